The molecule has 0 bridgehead atoms. The van der Waals surface area contributed by atoms with E-state index in [0.717, 1.165) is 27.6 Å². The van der Waals surface area contributed by atoms with Crippen LogP contribution >= 0.6 is 0 Å². The lowest BCUT2D eigenvalue weighted by atomic mass is 10.0. The average Bonchev–Trinajstić information content (AvgIpc) is 2.83. The van der Waals surface area contributed by atoms with Gasteiger partial charge in [-0.1, -0.05) is 42.5 Å². The summed E-state index contributed by atoms with van der Waals surface area (Å²) in [7, 11) is -3.40. The number of anilines is 2. The maximum Gasteiger partial charge on any atom is 0.414 e. The number of nitrogens with two attached hydrogens (primary N) is 1. The quantitative estimate of drug-likeness (QED) is 0.577. The predicted molar refractivity (Wildman–Crippen MR) is 130 cm³/mol. The smallest absolute Gasteiger partial charge is 0.414 e. The molecule has 0 saturated carbocycles. The highest BCUT2D eigenvalue weighted by Crippen LogP contribution is 2.33. The first-order chi connectivity index (χ1) is 15.9. The number of ether oxygens (including phenoxy) is 1. The number of sulfonamides is 1. The van der Waals surface area contributed by atoms with Crippen molar-refractivity contribution in [2.45, 2.75) is 31.9 Å². The van der Waals surface area contributed by atoms with Gasteiger partial charge in [0.15, 0.2) is 0 Å². The number of benzene rings is 3. The van der Waals surface area contributed by atoms with Crippen molar-refractivity contribution in [1.82, 2.24) is 4.31 Å². The number of hydrogen-bond acceptors (Lipinski definition) is 5. The molecule has 2 aliphatic rings. The summed E-state index contributed by atoms with van der Waals surface area (Å²) >= 11 is 0. The second kappa shape index (κ2) is 8.68. The van der Waals surface area contributed by atoms with E-state index >= 15 is 0 Å². The van der Waals surface area contributed by atoms with Gasteiger partial charge in [0.25, 0.3) is 0 Å². The van der Waals surface area contributed by atoms with E-state index < -0.39 is 10.0 Å². The number of nitrogens with zero attached hydrogens (tertiary/aromatic N) is 2. The van der Waals surface area contributed by atoms with Crippen molar-refractivity contribution in [1.29, 1.82) is 0 Å². The molecule has 33 heavy (non-hydrogen) atoms. The number of nitrogen functional groups attached to an aromatic ring is 1. The highest BCUT2D eigenvalue weighted by molar-refractivity contribution is 7.89. The maximum absolute atomic E-state index is 13.1. The zero-order valence-corrected chi connectivity index (χ0v) is 19.1. The summed E-state index contributed by atoms with van der Waals surface area (Å²) < 4.78 is 33.1. The van der Waals surface area contributed by atoms with Gasteiger partial charge in [-0.2, -0.15) is 0 Å². The molecule has 0 aliphatic carbocycles. The monoisotopic (exact) mass is 465 g/mol. The van der Waals surface area contributed by atoms with Crippen LogP contribution in [0.2, 0.25) is 0 Å². The first kappa shape index (κ1) is 21.7. The second-order valence-corrected chi connectivity index (χ2v) is 10.7. The molecule has 7 nitrogen and oxygen atoms in total. The van der Waals surface area contributed by atoms with Crippen LogP contribution in [0.5, 0.6) is 0 Å². The van der Waals surface area contributed by atoms with Crippen LogP contribution < -0.4 is 10.6 Å². The number of aryl methyl sites for hydroxylation is 1. The van der Waals surface area contributed by atoms with E-state index in [9.17, 15) is 13.2 Å². The van der Waals surface area contributed by atoms with Gasteiger partial charge in [-0.3, -0.25) is 4.90 Å². The Labute approximate surface area is 193 Å². The minimum Gasteiger partial charge on any atom is -0.444 e. The molecule has 0 spiro atoms. The van der Waals surface area contributed by atoms with Crippen LogP contribution in [0.15, 0.2) is 60.7 Å². The van der Waals surface area contributed by atoms with Crippen LogP contribution in [-0.4, -0.2) is 43.7 Å². The Balaban J connectivity index is 1.26. The summed E-state index contributed by atoms with van der Waals surface area (Å²) in [6.45, 7) is 0.977. The summed E-state index contributed by atoms with van der Waals surface area (Å²) in [4.78, 5) is 14.2. The van der Waals surface area contributed by atoms with Crippen molar-refractivity contribution in [3.63, 3.8) is 0 Å². The van der Waals surface area contributed by atoms with Gasteiger partial charge in [-0.05, 0) is 53.8 Å². The molecule has 2 N–H and O–H groups in total. The summed E-state index contributed by atoms with van der Waals surface area (Å²) in [5.41, 5.74) is 9.22. The molecule has 0 unspecified atom stereocenters. The zero-order chi connectivity index (χ0) is 23.0. The van der Waals surface area contributed by atoms with Gasteiger partial charge in [0.1, 0.15) is 6.61 Å². The number of amides is 1. The van der Waals surface area contributed by atoms with Gasteiger partial charge >= 0.3 is 6.09 Å². The normalized spacial score (nSPS) is 17.7. The largest absolute Gasteiger partial charge is 0.444 e. The van der Waals surface area contributed by atoms with E-state index in [1.165, 1.54) is 0 Å². The van der Waals surface area contributed by atoms with Crippen LogP contribution in [0.25, 0.3) is 10.8 Å². The molecule has 1 saturated heterocycles. The minimum atomic E-state index is -3.40. The fraction of sp³-hybridized carbons (Fsp3) is 0.320. The maximum atomic E-state index is 13.1. The molecule has 3 aromatic carbocycles. The molecule has 2 aliphatic heterocycles. The molecule has 2 heterocycles. The Morgan fingerprint density at radius 3 is 2.58 bits per heavy atom. The number of cyclic esters (lactones) is 1. The lowest BCUT2D eigenvalue weighted by Gasteiger charge is -2.39. The SMILES string of the molecule is Nc1ccc2c(c1)COC(=O)N2C1CCN(S(=O)(=O)CCc2cccc3ccccc23)CC1. The molecular weight excluding hydrogens is 438 g/mol. The first-order valence-electron chi connectivity index (χ1n) is 11.2. The van der Waals surface area contributed by atoms with Gasteiger partial charge in [0, 0.05) is 30.4 Å². The van der Waals surface area contributed by atoms with Crippen LogP contribution in [0.4, 0.5) is 16.2 Å². The fourth-order valence-electron chi connectivity index (χ4n) is 4.87. The Morgan fingerprint density at radius 1 is 1.00 bits per heavy atom. The van der Waals surface area contributed by atoms with Crippen molar-refractivity contribution >= 4 is 38.3 Å². The van der Waals surface area contributed by atoms with Gasteiger partial charge in [0.05, 0.1) is 11.4 Å². The lowest BCUT2D eigenvalue weighted by molar-refractivity contribution is 0.136. The number of carbonyl (C=O) groups is 1. The molecule has 172 valence electrons. The molecule has 0 aromatic heterocycles. The lowest BCUT2D eigenvalue weighted by Crippen LogP contribution is -2.50. The van der Waals surface area contributed by atoms with E-state index in [-0.39, 0.29) is 24.5 Å². The van der Waals surface area contributed by atoms with Gasteiger partial charge in [-0.25, -0.2) is 17.5 Å². The zero-order valence-electron chi connectivity index (χ0n) is 18.3. The topological polar surface area (TPSA) is 92.9 Å². The standard InChI is InChI=1S/C25H27N3O4S/c26-21-8-9-24-20(16-21)17-32-25(29)28(24)22-10-13-27(14-11-22)33(30,31)15-12-19-6-3-5-18-4-1-2-7-23(18)19/h1-9,16,22H,10-15,17,26H2. The summed E-state index contributed by atoms with van der Waals surface area (Å²) in [6.07, 6.45) is 1.21. The first-order valence-corrected chi connectivity index (χ1v) is 12.8. The number of carbonyl (C=O) groups excluding carboxylic acids is 1. The molecule has 3 aromatic rings. The third-order valence-electron chi connectivity index (χ3n) is 6.60. The number of piperidine rings is 1. The number of rotatable bonds is 5. The van der Waals surface area contributed by atoms with Crippen LogP contribution in [0.3, 0.4) is 0 Å². The highest BCUT2D eigenvalue weighted by atomic mass is 32.2. The van der Waals surface area contributed by atoms with E-state index in [0.29, 0.717) is 38.0 Å². The summed E-state index contributed by atoms with van der Waals surface area (Å²) in [6, 6.07) is 19.4. The Bertz CT molecular complexity index is 1290. The van der Waals surface area contributed by atoms with E-state index in [1.54, 1.807) is 15.3 Å². The second-order valence-electron chi connectivity index (χ2n) is 8.65. The van der Waals surface area contributed by atoms with Crippen molar-refractivity contribution in [3.8, 4) is 0 Å². The Kier molecular flexibility index (Phi) is 5.72. The molecule has 0 radical (unpaired) electrons. The summed E-state index contributed by atoms with van der Waals surface area (Å²) in [5, 5.41) is 2.21. The predicted octanol–water partition coefficient (Wildman–Crippen LogP) is 3.92. The van der Waals surface area contributed by atoms with Crippen molar-refractivity contribution in [2.75, 3.05) is 29.5 Å². The van der Waals surface area contributed by atoms with Gasteiger partial charge in [-0.15, -0.1) is 0 Å². The Hall–Kier alpha value is -3.10. The van der Waals surface area contributed by atoms with Crippen molar-refractivity contribution in [3.05, 3.63) is 71.8 Å². The van der Waals surface area contributed by atoms with E-state index in [4.69, 9.17) is 10.5 Å². The van der Waals surface area contributed by atoms with Crippen molar-refractivity contribution < 1.29 is 17.9 Å². The molecular formula is C25H27N3O4S. The molecule has 1 amide bonds. The highest BCUT2D eigenvalue weighted by Gasteiger charge is 2.36. The number of hydrogen-bond donors (Lipinski definition) is 1. The van der Waals surface area contributed by atoms with Crippen LogP contribution in [-0.2, 0) is 27.8 Å². The molecule has 8 heteroatoms. The fourth-order valence-corrected chi connectivity index (χ4v) is 6.37. The number of fused-ring (bicyclic) bond motifs is 2. The van der Waals surface area contributed by atoms with Gasteiger partial charge in [0.2, 0.25) is 10.0 Å². The minimum absolute atomic E-state index is 0.0690. The molecule has 5 rings (SSSR count). The van der Waals surface area contributed by atoms with Gasteiger partial charge < -0.3 is 10.5 Å². The average molecular weight is 466 g/mol. The summed E-state index contributed by atoms with van der Waals surface area (Å²) in [5.74, 6) is 0.0690. The third-order valence-corrected chi connectivity index (χ3v) is 8.47. The molecule has 1 fully saturated rings. The van der Waals surface area contributed by atoms with Crippen LogP contribution in [0, 0.1) is 0 Å². The van der Waals surface area contributed by atoms with E-state index in [1.807, 2.05) is 54.6 Å². The van der Waals surface area contributed by atoms with Crippen LogP contribution in [0.1, 0.15) is 24.0 Å². The Morgan fingerprint density at radius 2 is 1.76 bits per heavy atom. The van der Waals surface area contributed by atoms with Crippen molar-refractivity contribution in [2.24, 2.45) is 0 Å². The van der Waals surface area contributed by atoms with E-state index in [2.05, 4.69) is 0 Å². The molecule has 0 atom stereocenters. The third kappa shape index (κ3) is 4.28.